The van der Waals surface area contributed by atoms with Crippen molar-refractivity contribution in [1.29, 1.82) is 0 Å². The minimum absolute atomic E-state index is 0.192. The maximum absolute atomic E-state index is 12.9. The lowest BCUT2D eigenvalue weighted by Crippen LogP contribution is -2.35. The summed E-state index contributed by atoms with van der Waals surface area (Å²) < 4.78 is 5.36. The fourth-order valence-corrected chi connectivity index (χ4v) is 3.84. The van der Waals surface area contributed by atoms with E-state index in [0.29, 0.717) is 23.8 Å². The summed E-state index contributed by atoms with van der Waals surface area (Å²) in [7, 11) is 1.57. The number of aryl methyl sites for hydroxylation is 1. The van der Waals surface area contributed by atoms with Crippen LogP contribution in [0.4, 0.5) is 5.69 Å². The third-order valence-electron chi connectivity index (χ3n) is 5.56. The average molecular weight is 446 g/mol. The van der Waals surface area contributed by atoms with E-state index in [9.17, 15) is 4.79 Å². The Bertz CT molecular complexity index is 1130. The number of carbonyl (C=O) groups is 1. The Balaban J connectivity index is 1.79. The lowest BCUT2D eigenvalue weighted by molar-refractivity contribution is 0.102. The molecule has 1 aliphatic heterocycles. The lowest BCUT2D eigenvalue weighted by atomic mass is 9.95. The second kappa shape index (κ2) is 10.7. The Labute approximate surface area is 195 Å². The Morgan fingerprint density at radius 3 is 2.48 bits per heavy atom. The highest BCUT2D eigenvalue weighted by atomic mass is 16.5. The molecule has 0 spiro atoms. The van der Waals surface area contributed by atoms with Gasteiger partial charge >= 0.3 is 0 Å². The predicted octanol–water partition coefficient (Wildman–Crippen LogP) is 5.19. The number of nitrogens with one attached hydrogen (secondary N) is 1. The van der Waals surface area contributed by atoms with Crippen LogP contribution < -0.4 is 10.1 Å². The molecule has 0 unspecified atom stereocenters. The summed E-state index contributed by atoms with van der Waals surface area (Å²) in [5.74, 6) is 0.942. The van der Waals surface area contributed by atoms with Crippen molar-refractivity contribution in [3.8, 4) is 5.75 Å². The van der Waals surface area contributed by atoms with E-state index < -0.39 is 0 Å². The predicted molar refractivity (Wildman–Crippen MR) is 137 cm³/mol. The van der Waals surface area contributed by atoms with Crippen LogP contribution in [0.25, 0.3) is 5.57 Å². The van der Waals surface area contributed by atoms with Gasteiger partial charge < -0.3 is 15.0 Å². The molecule has 1 aliphatic rings. The number of guanidine groups is 1. The molecule has 0 radical (unpaired) electrons. The van der Waals surface area contributed by atoms with Crippen molar-refractivity contribution in [2.75, 3.05) is 25.5 Å². The number of carbonyl (C=O) groups excluding carboxylic acids is 1. The minimum Gasteiger partial charge on any atom is -0.496 e. The van der Waals surface area contributed by atoms with E-state index in [4.69, 9.17) is 4.74 Å². The Morgan fingerprint density at radius 1 is 1.12 bits per heavy atom. The van der Waals surface area contributed by atoms with Gasteiger partial charge in [-0.3, -0.25) is 4.79 Å². The molecule has 2 aromatic rings. The molecule has 0 aromatic heterocycles. The average Bonchev–Trinajstić information content (AvgIpc) is 2.79. The van der Waals surface area contributed by atoms with E-state index in [-0.39, 0.29) is 5.91 Å². The number of nitrogens with zero attached hydrogens (tertiary/aromatic N) is 4. The van der Waals surface area contributed by atoms with Crippen molar-refractivity contribution in [2.24, 2.45) is 15.2 Å². The van der Waals surface area contributed by atoms with Crippen LogP contribution in [0.5, 0.6) is 5.75 Å². The Morgan fingerprint density at radius 2 is 1.85 bits per heavy atom. The molecule has 0 saturated carbocycles. The van der Waals surface area contributed by atoms with Gasteiger partial charge in [-0.1, -0.05) is 29.8 Å². The largest absolute Gasteiger partial charge is 0.496 e. The maximum Gasteiger partial charge on any atom is 0.259 e. The van der Waals surface area contributed by atoms with Crippen molar-refractivity contribution < 1.29 is 9.53 Å². The molecule has 3 rings (SSSR count). The quantitative estimate of drug-likeness (QED) is 0.391. The van der Waals surface area contributed by atoms with Gasteiger partial charge in [-0.2, -0.15) is 5.10 Å². The van der Waals surface area contributed by atoms with Gasteiger partial charge in [-0.05, 0) is 69.0 Å². The van der Waals surface area contributed by atoms with Gasteiger partial charge in [-0.25, -0.2) is 4.99 Å². The standard InChI is InChI=1S/C26H31N5O2/c1-17(2)28-26(30-27-5)31-15-14-18(3)22(16-31)20-10-12-21(13-11-20)29-25(32)24-19(4)8-7-9-23(24)33-6/h7-13H,5,14-16H2,1-4,6H3,(H,29,32)/b30-26-. The van der Waals surface area contributed by atoms with Crippen molar-refractivity contribution >= 4 is 35.6 Å². The fraction of sp³-hybridized carbons (Fsp3) is 0.308. The number of ether oxygens (including phenoxy) is 1. The van der Waals surface area contributed by atoms with Crippen molar-refractivity contribution in [3.63, 3.8) is 0 Å². The summed E-state index contributed by atoms with van der Waals surface area (Å²) in [4.78, 5) is 19.5. The van der Waals surface area contributed by atoms with E-state index in [1.54, 1.807) is 13.2 Å². The van der Waals surface area contributed by atoms with Crippen LogP contribution in [0.15, 0.2) is 63.2 Å². The molecule has 0 atom stereocenters. The summed E-state index contributed by atoms with van der Waals surface area (Å²) in [5.41, 5.74) is 6.70. The maximum atomic E-state index is 12.9. The molecule has 0 saturated heterocycles. The number of methoxy groups -OCH3 is 1. The van der Waals surface area contributed by atoms with Crippen molar-refractivity contribution in [2.45, 2.75) is 34.1 Å². The first-order valence-corrected chi connectivity index (χ1v) is 10.9. The van der Waals surface area contributed by atoms with Gasteiger partial charge in [0.1, 0.15) is 5.75 Å². The zero-order chi connectivity index (χ0) is 24.0. The number of aliphatic imine (C=N–C) groups is 1. The molecular weight excluding hydrogens is 414 g/mol. The number of anilines is 1. The van der Waals surface area contributed by atoms with E-state index in [1.807, 2.05) is 57.2 Å². The SMILES string of the molecule is C=N/N=C(/N=C(C)C)N1CCC(C)=C(c2ccc(NC(=O)c3c(C)cccc3OC)cc2)C1. The first kappa shape index (κ1) is 23.9. The summed E-state index contributed by atoms with van der Waals surface area (Å²) in [6.45, 7) is 12.9. The number of hydrogen-bond acceptors (Lipinski definition) is 4. The van der Waals surface area contributed by atoms with E-state index in [2.05, 4.69) is 39.1 Å². The van der Waals surface area contributed by atoms with Crippen LogP contribution in [-0.4, -0.2) is 49.4 Å². The van der Waals surface area contributed by atoms with Gasteiger partial charge in [0.2, 0.25) is 5.96 Å². The Kier molecular flexibility index (Phi) is 7.77. The topological polar surface area (TPSA) is 78.7 Å². The lowest BCUT2D eigenvalue weighted by Gasteiger charge is -2.30. The molecule has 33 heavy (non-hydrogen) atoms. The fourth-order valence-electron chi connectivity index (χ4n) is 3.84. The summed E-state index contributed by atoms with van der Waals surface area (Å²) in [6, 6.07) is 13.5. The second-order valence-electron chi connectivity index (χ2n) is 8.21. The molecule has 1 heterocycles. The van der Waals surface area contributed by atoms with Crippen LogP contribution >= 0.6 is 0 Å². The van der Waals surface area contributed by atoms with Gasteiger partial charge in [0, 0.05) is 31.2 Å². The van der Waals surface area contributed by atoms with Crippen LogP contribution in [0.1, 0.15) is 48.7 Å². The van der Waals surface area contributed by atoms with Crippen LogP contribution in [0.2, 0.25) is 0 Å². The highest BCUT2D eigenvalue weighted by Gasteiger charge is 2.21. The van der Waals surface area contributed by atoms with Crippen LogP contribution in [0.3, 0.4) is 0 Å². The normalized spacial score (nSPS) is 14.1. The molecule has 0 bridgehead atoms. The van der Waals surface area contributed by atoms with Gasteiger partial charge in [0.05, 0.1) is 12.7 Å². The zero-order valence-electron chi connectivity index (χ0n) is 20.0. The number of hydrogen-bond donors (Lipinski definition) is 1. The molecule has 1 amide bonds. The monoisotopic (exact) mass is 445 g/mol. The zero-order valence-corrected chi connectivity index (χ0v) is 20.0. The third-order valence-corrected chi connectivity index (χ3v) is 5.56. The summed E-state index contributed by atoms with van der Waals surface area (Å²) in [5, 5.41) is 10.8. The van der Waals surface area contributed by atoms with Gasteiger partial charge in [0.15, 0.2) is 0 Å². The molecule has 172 valence electrons. The van der Waals surface area contributed by atoms with E-state index >= 15 is 0 Å². The molecular formula is C26H31N5O2. The van der Waals surface area contributed by atoms with E-state index in [0.717, 1.165) is 35.5 Å². The summed E-state index contributed by atoms with van der Waals surface area (Å²) in [6.07, 6.45) is 0.912. The minimum atomic E-state index is -0.192. The Hall–Kier alpha value is -3.74. The summed E-state index contributed by atoms with van der Waals surface area (Å²) >= 11 is 0. The highest BCUT2D eigenvalue weighted by molar-refractivity contribution is 6.07. The number of benzene rings is 2. The van der Waals surface area contributed by atoms with E-state index in [1.165, 1.54) is 11.1 Å². The molecule has 7 heteroatoms. The molecule has 0 fully saturated rings. The van der Waals surface area contributed by atoms with Gasteiger partial charge in [-0.15, -0.1) is 5.10 Å². The molecule has 1 N–H and O–H groups in total. The smallest absolute Gasteiger partial charge is 0.259 e. The molecule has 0 aliphatic carbocycles. The van der Waals surface area contributed by atoms with Crippen molar-refractivity contribution in [3.05, 3.63) is 64.7 Å². The highest BCUT2D eigenvalue weighted by Crippen LogP contribution is 2.28. The van der Waals surface area contributed by atoms with Crippen LogP contribution in [0, 0.1) is 6.92 Å². The van der Waals surface area contributed by atoms with Crippen molar-refractivity contribution in [1.82, 2.24) is 4.90 Å². The molecule has 7 nitrogen and oxygen atoms in total. The first-order chi connectivity index (χ1) is 15.8. The van der Waals surface area contributed by atoms with Gasteiger partial charge in [0.25, 0.3) is 5.91 Å². The number of rotatable bonds is 5. The number of amides is 1. The first-order valence-electron chi connectivity index (χ1n) is 10.9. The van der Waals surface area contributed by atoms with Crippen LogP contribution in [-0.2, 0) is 0 Å². The molecule has 2 aromatic carbocycles. The third kappa shape index (κ3) is 5.74. The second-order valence-corrected chi connectivity index (χ2v) is 8.21.